The number of alkyl halides is 4. The molecule has 1 aromatic heterocycles. The number of nitrogens with zero attached hydrogens (tertiary/aromatic N) is 2. The molecule has 148 valence electrons. The van der Waals surface area contributed by atoms with Crippen LogP contribution in [0.3, 0.4) is 0 Å². The van der Waals surface area contributed by atoms with E-state index in [-0.39, 0.29) is 18.7 Å². The van der Waals surface area contributed by atoms with E-state index >= 15 is 0 Å². The molecule has 0 atom stereocenters. The molecule has 0 fully saturated rings. The Bertz CT molecular complexity index is 783. The molecule has 0 bridgehead atoms. The van der Waals surface area contributed by atoms with Crippen molar-refractivity contribution in [2.24, 2.45) is 0 Å². The zero-order valence-electron chi connectivity index (χ0n) is 14.4. The maximum absolute atomic E-state index is 12.8. The Morgan fingerprint density at radius 1 is 1.41 bits per heavy atom. The summed E-state index contributed by atoms with van der Waals surface area (Å²) in [6.07, 6.45) is -2.14. The number of benzene rings is 1. The van der Waals surface area contributed by atoms with Gasteiger partial charge in [-0.05, 0) is 24.6 Å². The number of hydrogen-bond acceptors (Lipinski definition) is 3. The molecule has 0 aliphatic rings. The summed E-state index contributed by atoms with van der Waals surface area (Å²) in [6.45, 7) is 0.929. The third-order valence-corrected chi connectivity index (χ3v) is 3.91. The van der Waals surface area contributed by atoms with Gasteiger partial charge >= 0.3 is 12.3 Å². The Kier molecular flexibility index (Phi) is 7.20. The fraction of sp³-hybridized carbons (Fsp3) is 0.412. The van der Waals surface area contributed by atoms with E-state index in [0.717, 1.165) is 0 Å². The normalized spacial score (nSPS) is 11.8. The number of nitrogens with one attached hydrogen (secondary N) is 1. The molecular formula is C17H18ClF4N3O2. The first-order valence-corrected chi connectivity index (χ1v) is 8.43. The van der Waals surface area contributed by atoms with Crippen LogP contribution in [0.25, 0.3) is 0 Å². The predicted molar refractivity (Wildman–Crippen MR) is 91.1 cm³/mol. The minimum Gasteiger partial charge on any atom is -0.370 e. The molecule has 2 rings (SSSR count). The van der Waals surface area contributed by atoms with Gasteiger partial charge in [-0.15, -0.1) is 0 Å². The van der Waals surface area contributed by atoms with Gasteiger partial charge in [0.2, 0.25) is 0 Å². The second-order valence-electron chi connectivity index (χ2n) is 5.72. The van der Waals surface area contributed by atoms with E-state index in [4.69, 9.17) is 11.6 Å². The van der Waals surface area contributed by atoms with Crippen LogP contribution in [0.15, 0.2) is 30.5 Å². The summed E-state index contributed by atoms with van der Waals surface area (Å²) >= 11 is 6.03. The zero-order chi connectivity index (χ0) is 20.0. The molecule has 0 saturated carbocycles. The quantitative estimate of drug-likeness (QED) is 0.641. The van der Waals surface area contributed by atoms with Gasteiger partial charge in [0.25, 0.3) is 5.91 Å². The van der Waals surface area contributed by atoms with E-state index in [0.29, 0.717) is 22.8 Å². The molecule has 0 aliphatic heterocycles. The lowest BCUT2D eigenvalue weighted by Crippen LogP contribution is -2.32. The maximum atomic E-state index is 12.8. The van der Waals surface area contributed by atoms with Crippen LogP contribution >= 0.6 is 11.6 Å². The highest BCUT2D eigenvalue weighted by Gasteiger charge is 2.40. The molecule has 0 unspecified atom stereocenters. The number of aryl methyl sites for hydroxylation is 1. The summed E-state index contributed by atoms with van der Waals surface area (Å²) in [6, 6.07) is 6.04. The van der Waals surface area contributed by atoms with Crippen molar-refractivity contribution < 1.29 is 27.1 Å². The molecule has 1 N–H and O–H groups in total. The summed E-state index contributed by atoms with van der Waals surface area (Å²) in [4.78, 5) is 12.2. The molecule has 2 aromatic rings. The average Bonchev–Trinajstić information content (AvgIpc) is 2.99. The van der Waals surface area contributed by atoms with Crippen LogP contribution in [-0.2, 0) is 24.4 Å². The first-order valence-electron chi connectivity index (χ1n) is 8.05. The van der Waals surface area contributed by atoms with Crippen LogP contribution in [0.4, 0.5) is 17.6 Å². The van der Waals surface area contributed by atoms with Crippen molar-refractivity contribution >= 4 is 17.5 Å². The fourth-order valence-corrected chi connectivity index (χ4v) is 2.37. The van der Waals surface area contributed by atoms with Crippen LogP contribution in [0.1, 0.15) is 28.5 Å². The number of aromatic nitrogens is 2. The molecule has 0 aliphatic carbocycles. The molecule has 0 spiro atoms. The van der Waals surface area contributed by atoms with Gasteiger partial charge in [-0.3, -0.25) is 9.48 Å². The number of ether oxygens (including phenoxy) is 1. The van der Waals surface area contributed by atoms with Gasteiger partial charge in [-0.2, -0.15) is 13.9 Å². The predicted octanol–water partition coefficient (Wildman–Crippen LogP) is 3.90. The molecule has 1 aromatic carbocycles. The summed E-state index contributed by atoms with van der Waals surface area (Å²) in [5.74, 6) is -4.63. The highest BCUT2D eigenvalue weighted by atomic mass is 35.5. The largest absolute Gasteiger partial charge is 0.370 e. The number of hydrogen-bond donors (Lipinski definition) is 1. The first-order chi connectivity index (χ1) is 12.7. The summed E-state index contributed by atoms with van der Waals surface area (Å²) in [5.41, 5.74) is 1.18. The van der Waals surface area contributed by atoms with Crippen molar-refractivity contribution in [3.05, 3.63) is 52.3 Å². The SMILES string of the molecule is CCn1cc(Cl)c(CNC(=O)c2cccc(COCC(F)(F)C(F)F)c2)n1. The minimum atomic E-state index is -4.21. The number of amides is 1. The lowest BCUT2D eigenvalue weighted by molar-refractivity contribution is -0.168. The standard InChI is InChI=1S/C17H18ClF4N3O2/c1-2-25-8-13(18)14(24-25)7-23-15(26)12-5-3-4-11(6-12)9-27-10-17(21,22)16(19)20/h3-6,8,16H,2,7,9-10H2,1H3,(H,23,26). The summed E-state index contributed by atoms with van der Waals surface area (Å²) < 4.78 is 56.1. The molecular weight excluding hydrogens is 390 g/mol. The fourth-order valence-electron chi connectivity index (χ4n) is 2.16. The van der Waals surface area contributed by atoms with Crippen LogP contribution in [0.2, 0.25) is 5.02 Å². The van der Waals surface area contributed by atoms with Crippen molar-refractivity contribution in [2.75, 3.05) is 6.61 Å². The monoisotopic (exact) mass is 407 g/mol. The maximum Gasteiger partial charge on any atom is 0.330 e. The number of rotatable bonds is 9. The van der Waals surface area contributed by atoms with Crippen molar-refractivity contribution in [1.82, 2.24) is 15.1 Å². The topological polar surface area (TPSA) is 56.2 Å². The summed E-state index contributed by atoms with van der Waals surface area (Å²) in [7, 11) is 0. The van der Waals surface area contributed by atoms with Crippen LogP contribution in [-0.4, -0.2) is 34.6 Å². The molecule has 0 radical (unpaired) electrons. The second-order valence-corrected chi connectivity index (χ2v) is 6.12. The van der Waals surface area contributed by atoms with Gasteiger partial charge in [-0.1, -0.05) is 23.7 Å². The van der Waals surface area contributed by atoms with Gasteiger partial charge in [0.1, 0.15) is 12.3 Å². The molecule has 5 nitrogen and oxygen atoms in total. The van der Waals surface area contributed by atoms with Crippen molar-refractivity contribution in [2.45, 2.75) is 39.0 Å². The molecule has 1 heterocycles. The van der Waals surface area contributed by atoms with E-state index < -0.39 is 24.9 Å². The summed E-state index contributed by atoms with van der Waals surface area (Å²) in [5, 5.41) is 7.29. The van der Waals surface area contributed by atoms with Gasteiger partial charge in [0.05, 0.1) is 18.2 Å². The van der Waals surface area contributed by atoms with Gasteiger partial charge in [-0.25, -0.2) is 8.78 Å². The third-order valence-electron chi connectivity index (χ3n) is 3.60. The molecule has 27 heavy (non-hydrogen) atoms. The molecule has 10 heteroatoms. The van der Waals surface area contributed by atoms with E-state index in [1.165, 1.54) is 24.3 Å². The van der Waals surface area contributed by atoms with Gasteiger partial charge in [0, 0.05) is 18.3 Å². The van der Waals surface area contributed by atoms with Crippen molar-refractivity contribution in [1.29, 1.82) is 0 Å². The van der Waals surface area contributed by atoms with Crippen LogP contribution < -0.4 is 5.32 Å². The van der Waals surface area contributed by atoms with E-state index in [1.807, 2.05) is 6.92 Å². The Balaban J connectivity index is 1.91. The Morgan fingerprint density at radius 2 is 2.15 bits per heavy atom. The second kappa shape index (κ2) is 9.18. The third kappa shape index (κ3) is 5.93. The zero-order valence-corrected chi connectivity index (χ0v) is 15.1. The number of carbonyl (C=O) groups excluding carboxylic acids is 1. The van der Waals surface area contributed by atoms with Crippen molar-refractivity contribution in [3.63, 3.8) is 0 Å². The van der Waals surface area contributed by atoms with Gasteiger partial charge < -0.3 is 10.1 Å². The van der Waals surface area contributed by atoms with E-state index in [1.54, 1.807) is 10.9 Å². The van der Waals surface area contributed by atoms with Gasteiger partial charge in [0.15, 0.2) is 0 Å². The highest BCUT2D eigenvalue weighted by Crippen LogP contribution is 2.23. The lowest BCUT2D eigenvalue weighted by atomic mass is 10.1. The number of halogens is 5. The highest BCUT2D eigenvalue weighted by molar-refractivity contribution is 6.31. The van der Waals surface area contributed by atoms with Crippen LogP contribution in [0.5, 0.6) is 0 Å². The van der Waals surface area contributed by atoms with E-state index in [2.05, 4.69) is 15.2 Å². The van der Waals surface area contributed by atoms with E-state index in [9.17, 15) is 22.4 Å². The van der Waals surface area contributed by atoms with Crippen LogP contribution in [0, 0.1) is 0 Å². The number of carbonyl (C=O) groups is 1. The molecule has 1 amide bonds. The Hall–Kier alpha value is -2.13. The molecule has 0 saturated heterocycles. The Labute approximate surface area is 158 Å². The smallest absolute Gasteiger partial charge is 0.330 e. The first kappa shape index (κ1) is 21.2. The average molecular weight is 408 g/mol. The van der Waals surface area contributed by atoms with Crippen molar-refractivity contribution in [3.8, 4) is 0 Å². The minimum absolute atomic E-state index is 0.117. The lowest BCUT2D eigenvalue weighted by Gasteiger charge is -2.15. The Morgan fingerprint density at radius 3 is 2.78 bits per heavy atom.